The molecule has 0 radical (unpaired) electrons. The zero-order valence-corrected chi connectivity index (χ0v) is 40.4. The second-order valence-corrected chi connectivity index (χ2v) is 21.1. The van der Waals surface area contributed by atoms with E-state index in [-0.39, 0.29) is 14.5 Å². The van der Waals surface area contributed by atoms with Crippen LogP contribution in [0.25, 0.3) is 75.0 Å². The van der Waals surface area contributed by atoms with E-state index in [1.165, 1.54) is 131 Å². The van der Waals surface area contributed by atoms with Gasteiger partial charge in [-0.05, 0) is 0 Å². The van der Waals surface area contributed by atoms with Crippen molar-refractivity contribution in [2.75, 3.05) is 9.80 Å². The van der Waals surface area contributed by atoms with E-state index in [9.17, 15) is 0 Å². The van der Waals surface area contributed by atoms with Gasteiger partial charge in [-0.25, -0.2) is 0 Å². The summed E-state index contributed by atoms with van der Waals surface area (Å²) in [6.45, 7) is 0. The Balaban J connectivity index is 0.846. The third-order valence-electron chi connectivity index (χ3n) is 14.9. The molecule has 0 saturated carbocycles. The monoisotopic (exact) mass is 972 g/mol. The minimum absolute atomic E-state index is 0.0943. The Bertz CT molecular complexity index is 3980. The Morgan fingerprint density at radius 2 is 0.704 bits per heavy atom. The first-order valence-electron chi connectivity index (χ1n) is 24.5. The number of hydrogen-bond acceptors (Lipinski definition) is 2. The Kier molecular flexibility index (Phi) is 9.07. The molecule has 0 saturated heterocycles. The van der Waals surface area contributed by atoms with Crippen molar-refractivity contribution in [3.8, 4) is 31.4 Å². The van der Waals surface area contributed by atoms with E-state index in [0.29, 0.717) is 0 Å². The van der Waals surface area contributed by atoms with Crippen molar-refractivity contribution in [1.82, 2.24) is 9.13 Å². The van der Waals surface area contributed by atoms with E-state index in [1.807, 2.05) is 0 Å². The summed E-state index contributed by atoms with van der Waals surface area (Å²) < 4.78 is 7.84. The fourth-order valence-electron chi connectivity index (χ4n) is 11.9. The summed E-state index contributed by atoms with van der Waals surface area (Å²) in [5, 5.41) is 5.12. The molecule has 0 fully saturated rings. The zero-order chi connectivity index (χ0) is 46.6. The molecule has 2 aliphatic rings. The fraction of sp³-hybridized carbons (Fsp3) is 0.0303. The molecular formula is C66H44N4Se. The Morgan fingerprint density at radius 1 is 0.296 bits per heavy atom. The summed E-state index contributed by atoms with van der Waals surface area (Å²) in [5.74, 6) is 0. The molecule has 3 aromatic heterocycles. The van der Waals surface area contributed by atoms with Gasteiger partial charge in [0.2, 0.25) is 0 Å². The molecule has 4 nitrogen and oxygen atoms in total. The van der Waals surface area contributed by atoms with E-state index in [4.69, 9.17) is 0 Å². The fourth-order valence-corrected chi connectivity index (χ4v) is 14.0. The van der Waals surface area contributed by atoms with Gasteiger partial charge in [0.15, 0.2) is 0 Å². The van der Waals surface area contributed by atoms with Crippen molar-refractivity contribution in [1.29, 1.82) is 0 Å². The molecule has 10 aromatic carbocycles. The third kappa shape index (κ3) is 6.24. The molecule has 0 aliphatic carbocycles. The van der Waals surface area contributed by atoms with Crippen LogP contribution in [0, 0.1) is 0 Å². The van der Waals surface area contributed by atoms with Gasteiger partial charge >= 0.3 is 408 Å². The predicted octanol–water partition coefficient (Wildman–Crippen LogP) is 17.0. The van der Waals surface area contributed by atoms with E-state index in [0.717, 1.165) is 12.8 Å². The molecule has 15 rings (SSSR count). The molecule has 5 heterocycles. The number of benzene rings is 10. The number of hydrogen-bond donors (Lipinski definition) is 0. The van der Waals surface area contributed by atoms with Crippen molar-refractivity contribution in [2.24, 2.45) is 0 Å². The minimum atomic E-state index is 0.0943. The molecule has 334 valence electrons. The van der Waals surface area contributed by atoms with Gasteiger partial charge < -0.3 is 0 Å². The van der Waals surface area contributed by atoms with Crippen LogP contribution in [0.5, 0.6) is 0 Å². The van der Waals surface area contributed by atoms with Gasteiger partial charge in [-0.2, -0.15) is 0 Å². The van der Waals surface area contributed by atoms with Gasteiger partial charge in [-0.1, -0.05) is 12.1 Å². The molecule has 0 unspecified atom stereocenters. The van der Waals surface area contributed by atoms with Crippen LogP contribution in [0.15, 0.2) is 243 Å². The molecule has 2 aliphatic heterocycles. The first kappa shape index (κ1) is 40.3. The van der Waals surface area contributed by atoms with E-state index in [2.05, 4.69) is 262 Å². The van der Waals surface area contributed by atoms with Crippen molar-refractivity contribution in [3.05, 3.63) is 265 Å². The molecule has 0 amide bonds. The zero-order valence-electron chi connectivity index (χ0n) is 38.7. The average molecular weight is 972 g/mol. The standard InChI is InChI=1S/C66H44N4Se/c1-3-21-47(22-4-1)67-57-29-11-7-17-43(57)41-55-61(67)35-33-53-51-27-9-13-31-59(51)69(65(53)55)49-25-15-19-45(39-49)63-37-38-64(71-63)46-20-16-26-50(40-46)70-60-32-14-10-28-52(60)54-34-36-62-56(66(54)70)42-44-18-8-12-30-58(44)68(62)48-23-5-2-6-24-48/h1-40H,41-42H2. The van der Waals surface area contributed by atoms with Crippen LogP contribution in [0.4, 0.5) is 34.1 Å². The van der Waals surface area contributed by atoms with Gasteiger partial charge in [0.1, 0.15) is 0 Å². The topological polar surface area (TPSA) is 16.3 Å². The Labute approximate surface area is 417 Å². The van der Waals surface area contributed by atoms with Crippen molar-refractivity contribution in [3.63, 3.8) is 0 Å². The average Bonchev–Trinajstić information content (AvgIpc) is 4.17. The SMILES string of the molecule is c1ccc(N2c3ccccc3Cc3c2ccc2c4ccccc4n(-c4cccc(-c5ccc(-c6cccc(-n7c8ccccc8c8ccc9c(c87)Cc7ccccc7N9c7ccccc7)c6)[se]5)c4)c32)cc1. The first-order chi connectivity index (χ1) is 35.2. The molecule has 0 spiro atoms. The normalized spacial score (nSPS) is 12.9. The molecule has 13 aromatic rings. The second-order valence-electron chi connectivity index (χ2n) is 18.8. The molecular weight excluding hydrogens is 928 g/mol. The number of fused-ring (bicyclic) bond motifs is 12. The first-order valence-corrected chi connectivity index (χ1v) is 26.2. The number of para-hydroxylation sites is 6. The quantitative estimate of drug-likeness (QED) is 0.154. The number of rotatable bonds is 6. The van der Waals surface area contributed by atoms with E-state index < -0.39 is 0 Å². The van der Waals surface area contributed by atoms with Crippen LogP contribution >= 0.6 is 0 Å². The van der Waals surface area contributed by atoms with Crippen LogP contribution in [0.3, 0.4) is 0 Å². The van der Waals surface area contributed by atoms with E-state index >= 15 is 0 Å². The molecule has 0 N–H and O–H groups in total. The molecule has 71 heavy (non-hydrogen) atoms. The Morgan fingerprint density at radius 3 is 1.18 bits per heavy atom. The second kappa shape index (κ2) is 16.0. The van der Waals surface area contributed by atoms with Crippen molar-refractivity contribution in [2.45, 2.75) is 12.8 Å². The van der Waals surface area contributed by atoms with Gasteiger partial charge in [0.25, 0.3) is 0 Å². The van der Waals surface area contributed by atoms with Gasteiger partial charge in [-0.3, -0.25) is 0 Å². The summed E-state index contributed by atoms with van der Waals surface area (Å²) in [6, 6.07) is 90.0. The maximum absolute atomic E-state index is 2.53. The van der Waals surface area contributed by atoms with Crippen molar-refractivity contribution < 1.29 is 0 Å². The van der Waals surface area contributed by atoms with Crippen LogP contribution in [-0.4, -0.2) is 23.6 Å². The number of nitrogens with zero attached hydrogens (tertiary/aromatic N) is 4. The molecule has 5 heteroatoms. The number of anilines is 6. The summed E-state index contributed by atoms with van der Waals surface area (Å²) >= 11 is 0.0943. The molecule has 0 bridgehead atoms. The Hall–Kier alpha value is -8.60. The summed E-state index contributed by atoms with van der Waals surface area (Å²) in [5.41, 5.74) is 22.6. The van der Waals surface area contributed by atoms with Crippen LogP contribution in [-0.2, 0) is 12.8 Å². The summed E-state index contributed by atoms with van der Waals surface area (Å²) in [7, 11) is 0. The van der Waals surface area contributed by atoms with Crippen LogP contribution < -0.4 is 9.80 Å². The van der Waals surface area contributed by atoms with E-state index in [1.54, 1.807) is 0 Å². The van der Waals surface area contributed by atoms with Crippen molar-refractivity contribution >= 4 is 92.2 Å². The van der Waals surface area contributed by atoms with Gasteiger partial charge in [0, 0.05) is 0 Å². The van der Waals surface area contributed by atoms with Gasteiger partial charge in [-0.15, -0.1) is 0 Å². The third-order valence-corrected chi connectivity index (χ3v) is 17.4. The summed E-state index contributed by atoms with van der Waals surface area (Å²) in [6.07, 6.45) is 1.72. The maximum atomic E-state index is 2.53. The van der Waals surface area contributed by atoms with Gasteiger partial charge in [0.05, 0.1) is 0 Å². The predicted molar refractivity (Wildman–Crippen MR) is 298 cm³/mol. The number of aromatic nitrogens is 2. The van der Waals surface area contributed by atoms with Crippen LogP contribution in [0.1, 0.15) is 22.3 Å². The van der Waals surface area contributed by atoms with Crippen LogP contribution in [0.2, 0.25) is 0 Å². The molecule has 0 atom stereocenters. The summed E-state index contributed by atoms with van der Waals surface area (Å²) in [4.78, 5) is 4.90.